The van der Waals surface area contributed by atoms with E-state index in [1.807, 2.05) is 25.2 Å². The zero-order chi connectivity index (χ0) is 9.26. The van der Waals surface area contributed by atoms with Gasteiger partial charge in [-0.3, -0.25) is 0 Å². The average molecular weight is 174 g/mol. The van der Waals surface area contributed by atoms with Crippen molar-refractivity contribution >= 4 is 22.3 Å². The topological polar surface area (TPSA) is 63.8 Å². The molecule has 4 nitrogen and oxygen atoms in total. The number of nitrogen functional groups attached to an aromatic ring is 1. The minimum absolute atomic E-state index is 0.733. The summed E-state index contributed by atoms with van der Waals surface area (Å²) in [6.45, 7) is 0. The number of fused-ring (bicyclic) bond motifs is 1. The van der Waals surface area contributed by atoms with E-state index in [9.17, 15) is 0 Å². The molecule has 0 radical (unpaired) electrons. The molecule has 2 rings (SSSR count). The van der Waals surface area contributed by atoms with Crippen LogP contribution < -0.4 is 11.1 Å². The predicted molar refractivity (Wildman–Crippen MR) is 53.5 cm³/mol. The molecule has 0 aliphatic heterocycles. The number of rotatable bonds is 1. The minimum atomic E-state index is 0.733. The monoisotopic (exact) mass is 174 g/mol. The van der Waals surface area contributed by atoms with Gasteiger partial charge in [0, 0.05) is 18.1 Å². The summed E-state index contributed by atoms with van der Waals surface area (Å²) in [6, 6.07) is 5.56. The Morgan fingerprint density at radius 2 is 2.23 bits per heavy atom. The van der Waals surface area contributed by atoms with Crippen molar-refractivity contribution in [1.29, 1.82) is 0 Å². The van der Waals surface area contributed by atoms with Crippen molar-refractivity contribution in [3.63, 3.8) is 0 Å². The lowest BCUT2D eigenvalue weighted by molar-refractivity contribution is 1.08. The highest BCUT2D eigenvalue weighted by molar-refractivity contribution is 5.92. The minimum Gasteiger partial charge on any atom is -0.399 e. The summed E-state index contributed by atoms with van der Waals surface area (Å²) in [5.41, 5.74) is 8.19. The van der Waals surface area contributed by atoms with Crippen LogP contribution in [0.15, 0.2) is 24.4 Å². The molecule has 0 aliphatic rings. The number of nitrogens with one attached hydrogen (secondary N) is 1. The number of anilines is 2. The van der Waals surface area contributed by atoms with Crippen LogP contribution in [-0.4, -0.2) is 17.2 Å². The zero-order valence-electron chi connectivity index (χ0n) is 7.28. The van der Waals surface area contributed by atoms with Gasteiger partial charge < -0.3 is 11.1 Å². The molecule has 0 saturated carbocycles. The van der Waals surface area contributed by atoms with Gasteiger partial charge in [-0.15, -0.1) is 0 Å². The number of aromatic nitrogens is 2. The largest absolute Gasteiger partial charge is 0.399 e. The van der Waals surface area contributed by atoms with Crippen LogP contribution >= 0.6 is 0 Å². The maximum atomic E-state index is 5.67. The molecule has 0 atom stereocenters. The van der Waals surface area contributed by atoms with Gasteiger partial charge in [0.1, 0.15) is 0 Å². The van der Waals surface area contributed by atoms with E-state index in [1.165, 1.54) is 0 Å². The van der Waals surface area contributed by atoms with Crippen molar-refractivity contribution in [1.82, 2.24) is 10.2 Å². The summed E-state index contributed by atoms with van der Waals surface area (Å²) in [4.78, 5) is 0. The first-order valence-corrected chi connectivity index (χ1v) is 4.00. The van der Waals surface area contributed by atoms with Crippen molar-refractivity contribution < 1.29 is 0 Å². The van der Waals surface area contributed by atoms with E-state index in [2.05, 4.69) is 15.5 Å². The van der Waals surface area contributed by atoms with E-state index in [-0.39, 0.29) is 0 Å². The maximum Gasteiger partial charge on any atom is 0.0951 e. The molecule has 66 valence electrons. The molecule has 1 aromatic heterocycles. The quantitative estimate of drug-likeness (QED) is 0.639. The molecule has 2 aromatic rings. The van der Waals surface area contributed by atoms with Crippen molar-refractivity contribution in [2.75, 3.05) is 18.1 Å². The molecule has 3 N–H and O–H groups in total. The second-order valence-corrected chi connectivity index (χ2v) is 2.78. The molecule has 0 amide bonds. The molecule has 0 saturated heterocycles. The zero-order valence-corrected chi connectivity index (χ0v) is 7.28. The summed E-state index contributed by atoms with van der Waals surface area (Å²) < 4.78 is 0. The SMILES string of the molecule is CNc1cnnc2ccc(N)cc12. The first kappa shape index (κ1) is 7.79. The highest BCUT2D eigenvalue weighted by atomic mass is 15.1. The number of nitrogens with two attached hydrogens (primary N) is 1. The van der Waals surface area contributed by atoms with Crippen molar-refractivity contribution in [2.24, 2.45) is 0 Å². The summed E-state index contributed by atoms with van der Waals surface area (Å²) in [5, 5.41) is 11.9. The van der Waals surface area contributed by atoms with Crippen LogP contribution in [0.5, 0.6) is 0 Å². The van der Waals surface area contributed by atoms with Gasteiger partial charge in [0.15, 0.2) is 0 Å². The smallest absolute Gasteiger partial charge is 0.0951 e. The number of nitrogens with zero attached hydrogens (tertiary/aromatic N) is 2. The molecule has 0 bridgehead atoms. The van der Waals surface area contributed by atoms with E-state index in [1.54, 1.807) is 6.20 Å². The third kappa shape index (κ3) is 1.26. The fourth-order valence-corrected chi connectivity index (χ4v) is 1.27. The maximum absolute atomic E-state index is 5.67. The van der Waals surface area contributed by atoms with Gasteiger partial charge in [0.05, 0.1) is 17.4 Å². The van der Waals surface area contributed by atoms with Crippen molar-refractivity contribution in [2.45, 2.75) is 0 Å². The highest BCUT2D eigenvalue weighted by Crippen LogP contribution is 2.21. The molecule has 0 unspecified atom stereocenters. The average Bonchev–Trinajstić information content (AvgIpc) is 2.17. The molecule has 13 heavy (non-hydrogen) atoms. The van der Waals surface area contributed by atoms with E-state index >= 15 is 0 Å². The summed E-state index contributed by atoms with van der Waals surface area (Å²) in [5.74, 6) is 0. The van der Waals surface area contributed by atoms with Crippen LogP contribution in [-0.2, 0) is 0 Å². The normalized spacial score (nSPS) is 10.2. The van der Waals surface area contributed by atoms with E-state index in [0.717, 1.165) is 22.3 Å². The highest BCUT2D eigenvalue weighted by Gasteiger charge is 2.00. The molecule has 0 aliphatic carbocycles. The van der Waals surface area contributed by atoms with Crippen molar-refractivity contribution in [3.05, 3.63) is 24.4 Å². The Bertz CT molecular complexity index is 439. The van der Waals surface area contributed by atoms with Gasteiger partial charge in [-0.2, -0.15) is 10.2 Å². The standard InChI is InChI=1S/C9H10N4/c1-11-9-5-12-13-8-3-2-6(10)4-7(8)9/h2-5H,10H2,1H3,(H,11,13). The molecule has 0 fully saturated rings. The fraction of sp³-hybridized carbons (Fsp3) is 0.111. The summed E-state index contributed by atoms with van der Waals surface area (Å²) >= 11 is 0. The first-order chi connectivity index (χ1) is 6.31. The lowest BCUT2D eigenvalue weighted by atomic mass is 10.2. The first-order valence-electron chi connectivity index (χ1n) is 4.00. The van der Waals surface area contributed by atoms with Crippen LogP contribution in [0, 0.1) is 0 Å². The van der Waals surface area contributed by atoms with Crippen molar-refractivity contribution in [3.8, 4) is 0 Å². The number of benzene rings is 1. The van der Waals surface area contributed by atoms with E-state index in [0.29, 0.717) is 0 Å². The van der Waals surface area contributed by atoms with Gasteiger partial charge in [-0.1, -0.05) is 0 Å². The Morgan fingerprint density at radius 3 is 3.00 bits per heavy atom. The van der Waals surface area contributed by atoms with E-state index in [4.69, 9.17) is 5.73 Å². The molecular weight excluding hydrogens is 164 g/mol. The van der Waals surface area contributed by atoms with Gasteiger partial charge >= 0.3 is 0 Å². The van der Waals surface area contributed by atoms with Crippen LogP contribution in [0.4, 0.5) is 11.4 Å². The third-order valence-electron chi connectivity index (χ3n) is 1.93. The van der Waals surface area contributed by atoms with Gasteiger partial charge in [-0.25, -0.2) is 0 Å². The second-order valence-electron chi connectivity index (χ2n) is 2.78. The third-order valence-corrected chi connectivity index (χ3v) is 1.93. The van der Waals surface area contributed by atoms with Gasteiger partial charge in [0.2, 0.25) is 0 Å². The summed E-state index contributed by atoms with van der Waals surface area (Å²) in [7, 11) is 1.85. The Hall–Kier alpha value is -1.84. The Balaban J connectivity index is 2.79. The van der Waals surface area contributed by atoms with Gasteiger partial charge in [-0.05, 0) is 18.2 Å². The fourth-order valence-electron chi connectivity index (χ4n) is 1.27. The lowest BCUT2D eigenvalue weighted by Crippen LogP contribution is -1.94. The molecule has 4 heteroatoms. The second kappa shape index (κ2) is 2.90. The number of hydrogen-bond donors (Lipinski definition) is 2. The Labute approximate surface area is 75.8 Å². The molecular formula is C9H10N4. The summed E-state index contributed by atoms with van der Waals surface area (Å²) in [6.07, 6.45) is 1.68. The van der Waals surface area contributed by atoms with Crippen LogP contribution in [0.2, 0.25) is 0 Å². The van der Waals surface area contributed by atoms with Crippen LogP contribution in [0.25, 0.3) is 10.9 Å². The Kier molecular flexibility index (Phi) is 1.73. The molecule has 1 heterocycles. The predicted octanol–water partition coefficient (Wildman–Crippen LogP) is 1.25. The Morgan fingerprint density at radius 1 is 1.38 bits per heavy atom. The van der Waals surface area contributed by atoms with E-state index < -0.39 is 0 Å². The molecule has 1 aromatic carbocycles. The van der Waals surface area contributed by atoms with Gasteiger partial charge in [0.25, 0.3) is 0 Å². The van der Waals surface area contributed by atoms with Crippen LogP contribution in [0.3, 0.4) is 0 Å². The molecule has 0 spiro atoms. The lowest BCUT2D eigenvalue weighted by Gasteiger charge is -2.03. The van der Waals surface area contributed by atoms with Crippen LogP contribution in [0.1, 0.15) is 0 Å². The number of hydrogen-bond acceptors (Lipinski definition) is 4.